The molecule has 0 saturated carbocycles. The molecule has 0 aliphatic carbocycles. The van der Waals surface area contributed by atoms with E-state index in [-0.39, 0.29) is 0 Å². The molecular weight excluding hydrogens is 200 g/mol. The third kappa shape index (κ3) is 1.81. The smallest absolute Gasteiger partial charge is 0.230 e. The number of nitrogen functional groups attached to an aromatic ring is 1. The van der Waals surface area contributed by atoms with Crippen LogP contribution < -0.4 is 5.73 Å². The van der Waals surface area contributed by atoms with Crippen LogP contribution in [0, 0.1) is 0 Å². The Morgan fingerprint density at radius 2 is 2.00 bits per heavy atom. The van der Waals surface area contributed by atoms with Crippen LogP contribution in [-0.4, -0.2) is 5.16 Å². The Balaban J connectivity index is 2.52. The molecule has 16 heavy (non-hydrogen) atoms. The maximum atomic E-state index is 5.84. The molecule has 2 N–H and O–H groups in total. The van der Waals surface area contributed by atoms with Gasteiger partial charge in [0.05, 0.1) is 11.3 Å². The fraction of sp³-hybridized carbons (Fsp3) is 0.308. The summed E-state index contributed by atoms with van der Waals surface area (Å²) < 4.78 is 5.10. The van der Waals surface area contributed by atoms with Crippen molar-refractivity contribution < 1.29 is 4.52 Å². The Hall–Kier alpha value is -1.77. The SMILES string of the molecule is CCC(C)c1noc(N)c1-c1ccccc1. The molecule has 0 fully saturated rings. The van der Waals surface area contributed by atoms with Gasteiger partial charge >= 0.3 is 0 Å². The average molecular weight is 216 g/mol. The summed E-state index contributed by atoms with van der Waals surface area (Å²) in [6.45, 7) is 4.26. The number of hydrogen-bond donors (Lipinski definition) is 1. The molecule has 1 atom stereocenters. The second-order valence-corrected chi connectivity index (χ2v) is 3.98. The third-order valence-corrected chi connectivity index (χ3v) is 2.89. The monoisotopic (exact) mass is 216 g/mol. The molecule has 1 aromatic heterocycles. The summed E-state index contributed by atoms with van der Waals surface area (Å²) in [7, 11) is 0. The zero-order valence-electron chi connectivity index (χ0n) is 9.60. The highest BCUT2D eigenvalue weighted by atomic mass is 16.5. The number of anilines is 1. The van der Waals surface area contributed by atoms with E-state index >= 15 is 0 Å². The van der Waals surface area contributed by atoms with Crippen molar-refractivity contribution >= 4 is 5.88 Å². The van der Waals surface area contributed by atoms with Gasteiger partial charge in [-0.3, -0.25) is 0 Å². The van der Waals surface area contributed by atoms with E-state index in [1.54, 1.807) is 0 Å². The molecule has 84 valence electrons. The van der Waals surface area contributed by atoms with Gasteiger partial charge in [-0.1, -0.05) is 49.3 Å². The summed E-state index contributed by atoms with van der Waals surface area (Å²) >= 11 is 0. The summed E-state index contributed by atoms with van der Waals surface area (Å²) in [5.41, 5.74) is 8.79. The van der Waals surface area contributed by atoms with Crippen LogP contribution in [0.15, 0.2) is 34.9 Å². The highest BCUT2D eigenvalue weighted by molar-refractivity contribution is 5.75. The lowest BCUT2D eigenvalue weighted by molar-refractivity contribution is 0.421. The van der Waals surface area contributed by atoms with Gasteiger partial charge in [-0.2, -0.15) is 0 Å². The second kappa shape index (κ2) is 4.39. The summed E-state index contributed by atoms with van der Waals surface area (Å²) in [4.78, 5) is 0. The van der Waals surface area contributed by atoms with E-state index in [1.165, 1.54) is 0 Å². The maximum Gasteiger partial charge on any atom is 0.230 e. The fourth-order valence-electron chi connectivity index (χ4n) is 1.74. The molecule has 0 amide bonds. The van der Waals surface area contributed by atoms with Crippen molar-refractivity contribution in [3.8, 4) is 11.1 Å². The number of hydrogen-bond acceptors (Lipinski definition) is 3. The van der Waals surface area contributed by atoms with Crippen LogP contribution in [0.5, 0.6) is 0 Å². The van der Waals surface area contributed by atoms with Crippen molar-refractivity contribution in [1.82, 2.24) is 5.16 Å². The molecule has 1 unspecified atom stereocenters. The molecule has 1 aromatic carbocycles. The van der Waals surface area contributed by atoms with E-state index in [9.17, 15) is 0 Å². The highest BCUT2D eigenvalue weighted by Crippen LogP contribution is 2.34. The molecular formula is C13H16N2O. The quantitative estimate of drug-likeness (QED) is 0.855. The second-order valence-electron chi connectivity index (χ2n) is 3.98. The Morgan fingerprint density at radius 3 is 2.62 bits per heavy atom. The van der Waals surface area contributed by atoms with E-state index in [1.807, 2.05) is 30.3 Å². The lowest BCUT2D eigenvalue weighted by Gasteiger charge is -2.07. The van der Waals surface area contributed by atoms with Crippen LogP contribution in [0.1, 0.15) is 31.9 Å². The van der Waals surface area contributed by atoms with E-state index < -0.39 is 0 Å². The Bertz CT molecular complexity index is 462. The molecule has 0 saturated heterocycles. The maximum absolute atomic E-state index is 5.84. The third-order valence-electron chi connectivity index (χ3n) is 2.89. The van der Waals surface area contributed by atoms with Crippen molar-refractivity contribution in [2.45, 2.75) is 26.2 Å². The lowest BCUT2D eigenvalue weighted by Crippen LogP contribution is -1.95. The predicted octanol–water partition coefficient (Wildman–Crippen LogP) is 3.44. The molecule has 0 aliphatic rings. The van der Waals surface area contributed by atoms with E-state index in [2.05, 4.69) is 19.0 Å². The minimum Gasteiger partial charge on any atom is -0.367 e. The Morgan fingerprint density at radius 1 is 1.31 bits per heavy atom. The first-order chi connectivity index (χ1) is 7.74. The zero-order valence-corrected chi connectivity index (χ0v) is 9.60. The summed E-state index contributed by atoms with van der Waals surface area (Å²) in [5, 5.41) is 4.06. The van der Waals surface area contributed by atoms with Gasteiger partial charge in [0, 0.05) is 5.92 Å². The average Bonchev–Trinajstić information content (AvgIpc) is 2.71. The molecule has 0 radical (unpaired) electrons. The van der Waals surface area contributed by atoms with Gasteiger partial charge in [-0.15, -0.1) is 0 Å². The first-order valence-corrected chi connectivity index (χ1v) is 5.54. The largest absolute Gasteiger partial charge is 0.367 e. The molecule has 3 nitrogen and oxygen atoms in total. The molecule has 2 rings (SSSR count). The van der Waals surface area contributed by atoms with Crippen molar-refractivity contribution in [2.75, 3.05) is 5.73 Å². The van der Waals surface area contributed by atoms with E-state index in [4.69, 9.17) is 10.3 Å². The topological polar surface area (TPSA) is 52.0 Å². The number of rotatable bonds is 3. The van der Waals surface area contributed by atoms with Crippen molar-refractivity contribution in [3.05, 3.63) is 36.0 Å². The summed E-state index contributed by atoms with van der Waals surface area (Å²) in [6.07, 6.45) is 1.02. The van der Waals surface area contributed by atoms with E-state index in [0.29, 0.717) is 11.8 Å². The van der Waals surface area contributed by atoms with Gasteiger partial charge in [-0.25, -0.2) is 0 Å². The van der Waals surface area contributed by atoms with Gasteiger partial charge in [0.1, 0.15) is 0 Å². The van der Waals surface area contributed by atoms with Crippen LogP contribution in [0.4, 0.5) is 5.88 Å². The van der Waals surface area contributed by atoms with Gasteiger partial charge in [0.15, 0.2) is 0 Å². The van der Waals surface area contributed by atoms with Crippen LogP contribution in [-0.2, 0) is 0 Å². The first-order valence-electron chi connectivity index (χ1n) is 5.54. The number of aromatic nitrogens is 1. The van der Waals surface area contributed by atoms with Crippen molar-refractivity contribution in [3.63, 3.8) is 0 Å². The first kappa shape index (κ1) is 10.7. The lowest BCUT2D eigenvalue weighted by atomic mass is 9.96. The zero-order chi connectivity index (χ0) is 11.5. The van der Waals surface area contributed by atoms with Crippen molar-refractivity contribution in [2.24, 2.45) is 0 Å². The standard InChI is InChI=1S/C13H16N2O/c1-3-9(2)12-11(13(14)16-15-12)10-7-5-4-6-8-10/h4-9H,3,14H2,1-2H3. The van der Waals surface area contributed by atoms with Gasteiger partial charge in [0.2, 0.25) is 5.88 Å². The van der Waals surface area contributed by atoms with Gasteiger partial charge < -0.3 is 10.3 Å². The van der Waals surface area contributed by atoms with Crippen LogP contribution >= 0.6 is 0 Å². The van der Waals surface area contributed by atoms with Gasteiger partial charge in [0.25, 0.3) is 0 Å². The number of benzene rings is 1. The fourth-order valence-corrected chi connectivity index (χ4v) is 1.74. The summed E-state index contributed by atoms with van der Waals surface area (Å²) in [6, 6.07) is 10.0. The summed E-state index contributed by atoms with van der Waals surface area (Å²) in [5.74, 6) is 0.762. The number of nitrogens with two attached hydrogens (primary N) is 1. The molecule has 2 aromatic rings. The highest BCUT2D eigenvalue weighted by Gasteiger charge is 2.19. The molecule has 3 heteroatoms. The normalized spacial score (nSPS) is 12.6. The molecule has 1 heterocycles. The predicted molar refractivity (Wildman–Crippen MR) is 65.1 cm³/mol. The molecule has 0 aliphatic heterocycles. The Labute approximate surface area is 95.3 Å². The molecule has 0 spiro atoms. The minimum atomic E-state index is 0.358. The van der Waals surface area contributed by atoms with Crippen LogP contribution in [0.2, 0.25) is 0 Å². The number of nitrogens with zero attached hydrogens (tertiary/aromatic N) is 1. The Kier molecular flexibility index (Phi) is 2.95. The minimum absolute atomic E-state index is 0.358. The van der Waals surface area contributed by atoms with Crippen molar-refractivity contribution in [1.29, 1.82) is 0 Å². The van der Waals surface area contributed by atoms with Crippen LogP contribution in [0.25, 0.3) is 11.1 Å². The van der Waals surface area contributed by atoms with Crippen LogP contribution in [0.3, 0.4) is 0 Å². The van der Waals surface area contributed by atoms with Gasteiger partial charge in [-0.05, 0) is 12.0 Å². The van der Waals surface area contributed by atoms with E-state index in [0.717, 1.165) is 23.2 Å². The molecule has 0 bridgehead atoms.